The Morgan fingerprint density at radius 2 is 1.39 bits per heavy atom. The summed E-state index contributed by atoms with van der Waals surface area (Å²) in [5.74, 6) is -6.42. The fourth-order valence-electron chi connectivity index (χ4n) is 2.62. The molecule has 0 fully saturated rings. The van der Waals surface area contributed by atoms with Crippen LogP contribution in [0.25, 0.3) is 0 Å². The molecule has 0 rings (SSSR count). The van der Waals surface area contributed by atoms with Crippen LogP contribution in [0.1, 0.15) is 39.5 Å². The monoisotopic (exact) mass is 492 g/mol. The maximum atomic E-state index is 12.8. The first kappa shape index (κ1) is 30.1. The number of rotatable bonds is 16. The molecule has 0 bridgehead atoms. The molecule has 4 unspecified atom stereocenters. The second-order valence-corrected chi connectivity index (χ2v) is 8.59. The van der Waals surface area contributed by atoms with Gasteiger partial charge < -0.3 is 37.0 Å². The third-order valence-electron chi connectivity index (χ3n) is 4.49. The lowest BCUT2D eigenvalue weighted by molar-refractivity contribution is -0.147. The normalized spacial score (nSPS) is 14.5. The molecule has 0 saturated carbocycles. The summed E-state index contributed by atoms with van der Waals surface area (Å²) in [5, 5.41) is 33.7. The summed E-state index contributed by atoms with van der Waals surface area (Å²) in [6, 6.07) is -5.12. The zero-order valence-corrected chi connectivity index (χ0v) is 19.5. The maximum Gasteiger partial charge on any atom is 0.326 e. The van der Waals surface area contributed by atoms with Crippen molar-refractivity contribution in [2.24, 2.45) is 11.7 Å². The van der Waals surface area contributed by atoms with Gasteiger partial charge >= 0.3 is 17.9 Å². The highest BCUT2D eigenvalue weighted by atomic mass is 32.2. The van der Waals surface area contributed by atoms with Gasteiger partial charge in [0.15, 0.2) is 0 Å². The van der Waals surface area contributed by atoms with E-state index in [9.17, 15) is 28.8 Å². The number of carboxylic acid groups (broad SMARTS) is 3. The van der Waals surface area contributed by atoms with Crippen molar-refractivity contribution >= 4 is 47.4 Å². The SMILES string of the molecule is CSCCC(NC(=O)C(NC(=O)C(N)CCC(=O)O)C(C)C)C(=O)NC(CC(=O)O)C(=O)O. The molecule has 0 aliphatic rings. The second kappa shape index (κ2) is 15.1. The van der Waals surface area contributed by atoms with E-state index in [1.165, 1.54) is 11.8 Å². The third kappa shape index (κ3) is 12.1. The third-order valence-corrected chi connectivity index (χ3v) is 5.13. The number of amides is 3. The van der Waals surface area contributed by atoms with Crippen molar-refractivity contribution in [1.82, 2.24) is 16.0 Å². The van der Waals surface area contributed by atoms with Crippen molar-refractivity contribution in [2.75, 3.05) is 12.0 Å². The standard InChI is InChI=1S/C19H32N4O9S/c1-9(2)15(23-16(28)10(20)4-5-13(24)25)18(30)21-11(6-7-33-3)17(29)22-12(19(31)32)8-14(26)27/h9-12,15H,4-8,20H2,1-3H3,(H,21,30)(H,22,29)(H,23,28)(H,24,25)(H,26,27)(H,31,32). The zero-order valence-electron chi connectivity index (χ0n) is 18.7. The molecule has 0 spiro atoms. The van der Waals surface area contributed by atoms with Crippen molar-refractivity contribution in [2.45, 2.75) is 63.7 Å². The second-order valence-electron chi connectivity index (χ2n) is 7.61. The van der Waals surface area contributed by atoms with Gasteiger partial charge in [0, 0.05) is 6.42 Å². The van der Waals surface area contributed by atoms with Gasteiger partial charge in [-0.1, -0.05) is 13.8 Å². The fraction of sp³-hybridized carbons (Fsp3) is 0.684. The van der Waals surface area contributed by atoms with Crippen LogP contribution in [-0.2, 0) is 28.8 Å². The van der Waals surface area contributed by atoms with Gasteiger partial charge in [-0.3, -0.25) is 24.0 Å². The molecule has 0 aliphatic heterocycles. The van der Waals surface area contributed by atoms with Crippen molar-refractivity contribution in [3.8, 4) is 0 Å². The molecular weight excluding hydrogens is 460 g/mol. The van der Waals surface area contributed by atoms with E-state index in [1.807, 2.05) is 0 Å². The average molecular weight is 493 g/mol. The van der Waals surface area contributed by atoms with E-state index in [0.717, 1.165) is 0 Å². The van der Waals surface area contributed by atoms with Crippen LogP contribution in [0.5, 0.6) is 0 Å². The van der Waals surface area contributed by atoms with Crippen molar-refractivity contribution in [3.05, 3.63) is 0 Å². The van der Waals surface area contributed by atoms with Crippen LogP contribution in [0.15, 0.2) is 0 Å². The smallest absolute Gasteiger partial charge is 0.326 e. The Hall–Kier alpha value is -2.87. The van der Waals surface area contributed by atoms with Crippen LogP contribution >= 0.6 is 11.8 Å². The summed E-state index contributed by atoms with van der Waals surface area (Å²) in [7, 11) is 0. The van der Waals surface area contributed by atoms with Crippen molar-refractivity contribution in [3.63, 3.8) is 0 Å². The van der Waals surface area contributed by atoms with Crippen molar-refractivity contribution in [1.29, 1.82) is 0 Å². The van der Waals surface area contributed by atoms with E-state index in [2.05, 4.69) is 16.0 Å². The molecule has 0 radical (unpaired) electrons. The molecule has 0 aliphatic carbocycles. The molecular formula is C19H32N4O9S. The molecule has 0 saturated heterocycles. The Kier molecular flexibility index (Phi) is 13.7. The Balaban J connectivity index is 5.37. The number of carbonyl (C=O) groups is 6. The minimum Gasteiger partial charge on any atom is -0.481 e. The molecule has 0 aromatic rings. The molecule has 188 valence electrons. The number of hydrogen-bond acceptors (Lipinski definition) is 8. The minimum atomic E-state index is -1.68. The first-order valence-corrected chi connectivity index (χ1v) is 11.5. The van der Waals surface area contributed by atoms with Crippen LogP contribution < -0.4 is 21.7 Å². The van der Waals surface area contributed by atoms with E-state index < -0.39 is 72.1 Å². The molecule has 33 heavy (non-hydrogen) atoms. The van der Waals surface area contributed by atoms with E-state index >= 15 is 0 Å². The molecule has 13 nitrogen and oxygen atoms in total. The van der Waals surface area contributed by atoms with Gasteiger partial charge in [0.1, 0.15) is 18.1 Å². The Labute approximate surface area is 195 Å². The molecule has 0 aromatic carbocycles. The Morgan fingerprint density at radius 3 is 1.85 bits per heavy atom. The largest absolute Gasteiger partial charge is 0.481 e. The molecule has 14 heteroatoms. The quantitative estimate of drug-likeness (QED) is 0.133. The maximum absolute atomic E-state index is 12.8. The number of thioether (sulfide) groups is 1. The molecule has 0 heterocycles. The topological polar surface area (TPSA) is 225 Å². The summed E-state index contributed by atoms with van der Waals surface area (Å²) in [5.41, 5.74) is 5.67. The van der Waals surface area contributed by atoms with Gasteiger partial charge in [-0.2, -0.15) is 11.8 Å². The summed E-state index contributed by atoms with van der Waals surface area (Å²) in [6.45, 7) is 3.27. The van der Waals surface area contributed by atoms with Gasteiger partial charge in [0.2, 0.25) is 17.7 Å². The predicted molar refractivity (Wildman–Crippen MR) is 118 cm³/mol. The van der Waals surface area contributed by atoms with Gasteiger partial charge in [-0.15, -0.1) is 0 Å². The number of nitrogens with one attached hydrogen (secondary N) is 3. The highest BCUT2D eigenvalue weighted by Crippen LogP contribution is 2.08. The highest BCUT2D eigenvalue weighted by molar-refractivity contribution is 7.98. The van der Waals surface area contributed by atoms with Gasteiger partial charge in [0.25, 0.3) is 0 Å². The first-order valence-electron chi connectivity index (χ1n) is 10.1. The molecule has 8 N–H and O–H groups in total. The van der Waals surface area contributed by atoms with Gasteiger partial charge in [-0.25, -0.2) is 4.79 Å². The molecule has 3 amide bonds. The Bertz CT molecular complexity index is 732. The summed E-state index contributed by atoms with van der Waals surface area (Å²) >= 11 is 1.37. The van der Waals surface area contributed by atoms with E-state index in [1.54, 1.807) is 20.1 Å². The number of carbonyl (C=O) groups excluding carboxylic acids is 3. The average Bonchev–Trinajstić information content (AvgIpc) is 2.71. The first-order chi connectivity index (χ1) is 15.3. The van der Waals surface area contributed by atoms with Crippen LogP contribution in [0, 0.1) is 5.92 Å². The van der Waals surface area contributed by atoms with Gasteiger partial charge in [-0.05, 0) is 30.8 Å². The molecule has 0 aromatic heterocycles. The van der Waals surface area contributed by atoms with Crippen LogP contribution in [0.3, 0.4) is 0 Å². The summed E-state index contributed by atoms with van der Waals surface area (Å²) in [4.78, 5) is 70.4. The predicted octanol–water partition coefficient (Wildman–Crippen LogP) is -1.40. The summed E-state index contributed by atoms with van der Waals surface area (Å²) < 4.78 is 0. The zero-order chi connectivity index (χ0) is 25.7. The summed E-state index contributed by atoms with van der Waals surface area (Å²) in [6.07, 6.45) is 0.576. The number of aliphatic carboxylic acids is 3. The Morgan fingerprint density at radius 1 is 0.818 bits per heavy atom. The number of hydrogen-bond donors (Lipinski definition) is 7. The van der Waals surface area contributed by atoms with Gasteiger partial charge in [0.05, 0.1) is 12.5 Å². The van der Waals surface area contributed by atoms with Crippen molar-refractivity contribution < 1.29 is 44.1 Å². The van der Waals surface area contributed by atoms with E-state index in [0.29, 0.717) is 5.75 Å². The van der Waals surface area contributed by atoms with E-state index in [4.69, 9.17) is 21.1 Å². The highest BCUT2D eigenvalue weighted by Gasteiger charge is 2.32. The van der Waals surface area contributed by atoms with Crippen LogP contribution in [0.2, 0.25) is 0 Å². The van der Waals surface area contributed by atoms with E-state index in [-0.39, 0.29) is 19.3 Å². The van der Waals surface area contributed by atoms with Crippen LogP contribution in [0.4, 0.5) is 0 Å². The number of carboxylic acids is 3. The fourth-order valence-corrected chi connectivity index (χ4v) is 3.09. The lowest BCUT2D eigenvalue weighted by atomic mass is 10.0. The lowest BCUT2D eigenvalue weighted by Gasteiger charge is -2.26. The van der Waals surface area contributed by atoms with Crippen LogP contribution in [-0.4, -0.2) is 87.1 Å². The minimum absolute atomic E-state index is 0.120. The lowest BCUT2D eigenvalue weighted by Crippen LogP contribution is -2.58. The molecule has 4 atom stereocenters. The number of nitrogens with two attached hydrogens (primary N) is 1.